The lowest BCUT2D eigenvalue weighted by Gasteiger charge is -2.30. The van der Waals surface area contributed by atoms with Crippen molar-refractivity contribution in [2.45, 2.75) is 44.2 Å². The number of carbonyl (C=O) groups excluding carboxylic acids is 1. The molecule has 0 aromatic rings. The molecule has 1 fully saturated rings. The van der Waals surface area contributed by atoms with E-state index in [1.54, 1.807) is 12.2 Å². The number of carbonyl (C=O) groups is 1. The summed E-state index contributed by atoms with van der Waals surface area (Å²) in [5, 5.41) is 0. The quantitative estimate of drug-likeness (QED) is 0.697. The number of amides is 1. The summed E-state index contributed by atoms with van der Waals surface area (Å²) in [6.07, 6.45) is 8.63. The van der Waals surface area contributed by atoms with Gasteiger partial charge in [-0.25, -0.2) is 0 Å². The summed E-state index contributed by atoms with van der Waals surface area (Å²) in [4.78, 5) is 14.0. The topological polar surface area (TPSA) is 46.3 Å². The average molecular weight is 222 g/mol. The third-order valence-corrected chi connectivity index (χ3v) is 3.11. The fraction of sp³-hybridized carbons (Fsp3) is 0.615. The van der Waals surface area contributed by atoms with Gasteiger partial charge in [0.2, 0.25) is 5.91 Å². The van der Waals surface area contributed by atoms with Gasteiger partial charge in [0.15, 0.2) is 0 Å². The first-order valence-electron chi connectivity index (χ1n) is 5.98. The van der Waals surface area contributed by atoms with Crippen molar-refractivity contribution >= 4 is 5.91 Å². The van der Waals surface area contributed by atoms with E-state index in [-0.39, 0.29) is 5.91 Å². The van der Waals surface area contributed by atoms with Crippen molar-refractivity contribution in [3.05, 3.63) is 25.3 Å². The average Bonchev–Trinajstić information content (AvgIpc) is 2.78. The normalized spacial score (nSPS) is 18.1. The van der Waals surface area contributed by atoms with Gasteiger partial charge in [-0.3, -0.25) is 4.79 Å². The monoisotopic (exact) mass is 222 g/mol. The van der Waals surface area contributed by atoms with Crippen molar-refractivity contribution in [2.75, 3.05) is 6.54 Å². The SMILES string of the molecule is C=CCC(N)C(=O)N(CC=C)C1CCCC1. The van der Waals surface area contributed by atoms with Gasteiger partial charge in [-0.05, 0) is 19.3 Å². The highest BCUT2D eigenvalue weighted by atomic mass is 16.2. The van der Waals surface area contributed by atoms with E-state index in [2.05, 4.69) is 13.2 Å². The molecular weight excluding hydrogens is 200 g/mol. The lowest BCUT2D eigenvalue weighted by Crippen LogP contribution is -2.47. The van der Waals surface area contributed by atoms with Crippen LogP contribution in [0.1, 0.15) is 32.1 Å². The minimum absolute atomic E-state index is 0.0340. The maximum Gasteiger partial charge on any atom is 0.240 e. The second kappa shape index (κ2) is 6.48. The molecule has 90 valence electrons. The van der Waals surface area contributed by atoms with Gasteiger partial charge in [0.25, 0.3) is 0 Å². The van der Waals surface area contributed by atoms with Crippen LogP contribution in [0.25, 0.3) is 0 Å². The molecule has 0 spiro atoms. The number of hydrogen-bond donors (Lipinski definition) is 1. The van der Waals surface area contributed by atoms with Crippen LogP contribution in [0.5, 0.6) is 0 Å². The predicted octanol–water partition coefficient (Wildman–Crippen LogP) is 1.85. The molecule has 0 heterocycles. The molecule has 1 aliphatic carbocycles. The molecule has 3 nitrogen and oxygen atoms in total. The van der Waals surface area contributed by atoms with E-state index in [1.807, 2.05) is 4.90 Å². The summed E-state index contributed by atoms with van der Waals surface area (Å²) in [6.45, 7) is 7.93. The van der Waals surface area contributed by atoms with E-state index in [0.717, 1.165) is 12.8 Å². The first kappa shape index (κ1) is 13.0. The first-order chi connectivity index (χ1) is 7.70. The van der Waals surface area contributed by atoms with Crippen LogP contribution in [0.3, 0.4) is 0 Å². The number of nitrogens with zero attached hydrogens (tertiary/aromatic N) is 1. The van der Waals surface area contributed by atoms with Gasteiger partial charge in [-0.15, -0.1) is 13.2 Å². The Labute approximate surface area is 98.0 Å². The van der Waals surface area contributed by atoms with Gasteiger partial charge in [-0.2, -0.15) is 0 Å². The Balaban J connectivity index is 2.63. The molecule has 0 aliphatic heterocycles. The predicted molar refractivity (Wildman–Crippen MR) is 67.0 cm³/mol. The van der Waals surface area contributed by atoms with Crippen LogP contribution in [-0.2, 0) is 4.79 Å². The van der Waals surface area contributed by atoms with Gasteiger partial charge in [0, 0.05) is 12.6 Å². The van der Waals surface area contributed by atoms with Crippen LogP contribution >= 0.6 is 0 Å². The lowest BCUT2D eigenvalue weighted by molar-refractivity contribution is -0.134. The largest absolute Gasteiger partial charge is 0.335 e. The molecule has 1 atom stereocenters. The van der Waals surface area contributed by atoms with Gasteiger partial charge in [-0.1, -0.05) is 25.0 Å². The molecule has 1 aliphatic rings. The van der Waals surface area contributed by atoms with Crippen LogP contribution < -0.4 is 5.73 Å². The molecule has 16 heavy (non-hydrogen) atoms. The third kappa shape index (κ3) is 3.20. The Bertz CT molecular complexity index is 257. The Morgan fingerprint density at radius 1 is 1.38 bits per heavy atom. The highest BCUT2D eigenvalue weighted by Crippen LogP contribution is 2.24. The maximum absolute atomic E-state index is 12.1. The molecule has 0 saturated heterocycles. The summed E-state index contributed by atoms with van der Waals surface area (Å²) in [5.74, 6) is 0.0340. The summed E-state index contributed by atoms with van der Waals surface area (Å²) in [7, 11) is 0. The maximum atomic E-state index is 12.1. The molecule has 1 unspecified atom stereocenters. The van der Waals surface area contributed by atoms with Crippen molar-refractivity contribution in [2.24, 2.45) is 5.73 Å². The van der Waals surface area contributed by atoms with Crippen LogP contribution in [0, 0.1) is 0 Å². The zero-order chi connectivity index (χ0) is 12.0. The molecule has 0 radical (unpaired) electrons. The van der Waals surface area contributed by atoms with Crippen molar-refractivity contribution in [3.8, 4) is 0 Å². The molecular formula is C13H22N2O. The van der Waals surface area contributed by atoms with Crippen LogP contribution in [-0.4, -0.2) is 29.4 Å². The second-order valence-corrected chi connectivity index (χ2v) is 4.35. The zero-order valence-electron chi connectivity index (χ0n) is 9.90. The smallest absolute Gasteiger partial charge is 0.240 e. The summed E-state index contributed by atoms with van der Waals surface area (Å²) in [5.41, 5.74) is 5.83. The second-order valence-electron chi connectivity index (χ2n) is 4.35. The zero-order valence-corrected chi connectivity index (χ0v) is 9.90. The molecule has 2 N–H and O–H groups in total. The number of rotatable bonds is 6. The molecule has 3 heteroatoms. The van der Waals surface area contributed by atoms with Crippen LogP contribution in [0.15, 0.2) is 25.3 Å². The number of nitrogens with two attached hydrogens (primary N) is 1. The summed E-state index contributed by atoms with van der Waals surface area (Å²) in [6, 6.07) is -0.0839. The van der Waals surface area contributed by atoms with E-state index in [4.69, 9.17) is 5.73 Å². The fourth-order valence-electron chi connectivity index (χ4n) is 2.27. The standard InChI is InChI=1S/C13H22N2O/c1-3-7-12(14)13(16)15(10-4-2)11-8-5-6-9-11/h3-4,11-12H,1-2,5-10,14H2. The molecule has 1 rings (SSSR count). The van der Waals surface area contributed by atoms with E-state index in [1.165, 1.54) is 12.8 Å². The molecule has 1 amide bonds. The highest BCUT2D eigenvalue weighted by molar-refractivity contribution is 5.82. The van der Waals surface area contributed by atoms with Crippen molar-refractivity contribution in [1.29, 1.82) is 0 Å². The van der Waals surface area contributed by atoms with E-state index < -0.39 is 6.04 Å². The highest BCUT2D eigenvalue weighted by Gasteiger charge is 2.28. The van der Waals surface area contributed by atoms with Gasteiger partial charge in [0.1, 0.15) is 0 Å². The Hall–Kier alpha value is -1.09. The van der Waals surface area contributed by atoms with Crippen molar-refractivity contribution < 1.29 is 4.79 Å². The molecule has 0 bridgehead atoms. The molecule has 0 aromatic heterocycles. The van der Waals surface area contributed by atoms with Crippen LogP contribution in [0.2, 0.25) is 0 Å². The van der Waals surface area contributed by atoms with Gasteiger partial charge >= 0.3 is 0 Å². The Morgan fingerprint density at radius 3 is 2.50 bits per heavy atom. The van der Waals surface area contributed by atoms with Gasteiger partial charge < -0.3 is 10.6 Å². The number of hydrogen-bond acceptors (Lipinski definition) is 2. The van der Waals surface area contributed by atoms with E-state index in [9.17, 15) is 4.79 Å². The van der Waals surface area contributed by atoms with Crippen molar-refractivity contribution in [3.63, 3.8) is 0 Å². The molecule has 0 aromatic carbocycles. The minimum atomic E-state index is -0.446. The van der Waals surface area contributed by atoms with E-state index in [0.29, 0.717) is 19.0 Å². The Morgan fingerprint density at radius 2 is 2.00 bits per heavy atom. The fourth-order valence-corrected chi connectivity index (χ4v) is 2.27. The first-order valence-corrected chi connectivity index (χ1v) is 5.98. The Kier molecular flexibility index (Phi) is 5.26. The summed E-state index contributed by atoms with van der Waals surface area (Å²) >= 11 is 0. The van der Waals surface area contributed by atoms with Crippen molar-refractivity contribution in [1.82, 2.24) is 4.90 Å². The van der Waals surface area contributed by atoms with Crippen LogP contribution in [0.4, 0.5) is 0 Å². The molecule has 1 saturated carbocycles. The third-order valence-electron chi connectivity index (χ3n) is 3.11. The minimum Gasteiger partial charge on any atom is -0.335 e. The van der Waals surface area contributed by atoms with Gasteiger partial charge in [0.05, 0.1) is 6.04 Å². The summed E-state index contributed by atoms with van der Waals surface area (Å²) < 4.78 is 0. The van der Waals surface area contributed by atoms with E-state index >= 15 is 0 Å². The lowest BCUT2D eigenvalue weighted by atomic mass is 10.1.